The highest BCUT2D eigenvalue weighted by Gasteiger charge is 2.29. The number of nitrogens with two attached hydrogens (primary N) is 1. The molecule has 1 unspecified atom stereocenters. The van der Waals surface area contributed by atoms with Gasteiger partial charge in [0, 0.05) is 26.6 Å². The van der Waals surface area contributed by atoms with Crippen molar-refractivity contribution in [2.24, 2.45) is 5.73 Å². The first-order chi connectivity index (χ1) is 6.02. The number of primary amides is 1. The Kier molecular flexibility index (Phi) is 2.87. The standard InChI is InChI=1S/C8H15N3O2/c1-6(12)11-4-3-10(2)7(5-11)8(9)13/h7H,3-5H2,1-2H3,(H2,9,13). The van der Waals surface area contributed by atoms with E-state index in [0.29, 0.717) is 19.6 Å². The van der Waals surface area contributed by atoms with E-state index in [4.69, 9.17) is 5.73 Å². The molecule has 74 valence electrons. The molecule has 2 N–H and O–H groups in total. The van der Waals surface area contributed by atoms with Gasteiger partial charge >= 0.3 is 0 Å². The summed E-state index contributed by atoms with van der Waals surface area (Å²) in [7, 11) is 1.84. The van der Waals surface area contributed by atoms with Crippen LogP contribution >= 0.6 is 0 Å². The molecular formula is C8H15N3O2. The number of hydrogen-bond donors (Lipinski definition) is 1. The minimum Gasteiger partial charge on any atom is -0.368 e. The van der Waals surface area contributed by atoms with Crippen molar-refractivity contribution in [2.75, 3.05) is 26.7 Å². The van der Waals surface area contributed by atoms with Gasteiger partial charge in [-0.2, -0.15) is 0 Å². The van der Waals surface area contributed by atoms with Gasteiger partial charge in [0.15, 0.2) is 0 Å². The average Bonchev–Trinajstić information content (AvgIpc) is 2.04. The molecular weight excluding hydrogens is 170 g/mol. The summed E-state index contributed by atoms with van der Waals surface area (Å²) in [6.07, 6.45) is 0. The van der Waals surface area contributed by atoms with Crippen LogP contribution < -0.4 is 5.73 Å². The lowest BCUT2D eigenvalue weighted by atomic mass is 10.1. The van der Waals surface area contributed by atoms with Crippen LogP contribution in [-0.2, 0) is 9.59 Å². The Morgan fingerprint density at radius 1 is 1.38 bits per heavy atom. The van der Waals surface area contributed by atoms with Crippen molar-refractivity contribution in [3.63, 3.8) is 0 Å². The van der Waals surface area contributed by atoms with Gasteiger partial charge in [-0.25, -0.2) is 0 Å². The molecule has 0 spiro atoms. The Bertz CT molecular complexity index is 229. The highest BCUT2D eigenvalue weighted by molar-refractivity contribution is 5.81. The van der Waals surface area contributed by atoms with E-state index in [1.165, 1.54) is 6.92 Å². The third-order valence-electron chi connectivity index (χ3n) is 2.42. The molecule has 0 aromatic rings. The predicted molar refractivity (Wildman–Crippen MR) is 47.9 cm³/mol. The van der Waals surface area contributed by atoms with Crippen LogP contribution in [0.5, 0.6) is 0 Å². The van der Waals surface area contributed by atoms with E-state index < -0.39 is 0 Å². The zero-order chi connectivity index (χ0) is 10.0. The van der Waals surface area contributed by atoms with Gasteiger partial charge in [-0.15, -0.1) is 0 Å². The zero-order valence-electron chi connectivity index (χ0n) is 7.99. The molecule has 1 saturated heterocycles. The predicted octanol–water partition coefficient (Wildman–Crippen LogP) is -1.37. The monoisotopic (exact) mass is 185 g/mol. The van der Waals surface area contributed by atoms with Crippen LogP contribution in [0.15, 0.2) is 0 Å². The topological polar surface area (TPSA) is 66.6 Å². The van der Waals surface area contributed by atoms with E-state index in [2.05, 4.69) is 0 Å². The number of amides is 2. The maximum atomic E-state index is 11.0. The molecule has 5 nitrogen and oxygen atoms in total. The molecule has 5 heteroatoms. The fraction of sp³-hybridized carbons (Fsp3) is 0.750. The van der Waals surface area contributed by atoms with Crippen molar-refractivity contribution in [3.8, 4) is 0 Å². The minimum atomic E-state index is -0.367. The summed E-state index contributed by atoms with van der Waals surface area (Å²) < 4.78 is 0. The van der Waals surface area contributed by atoms with Crippen LogP contribution in [0.25, 0.3) is 0 Å². The van der Waals surface area contributed by atoms with E-state index in [-0.39, 0.29) is 17.9 Å². The van der Waals surface area contributed by atoms with Crippen LogP contribution in [0.1, 0.15) is 6.92 Å². The summed E-state index contributed by atoms with van der Waals surface area (Å²) in [4.78, 5) is 25.5. The number of hydrogen-bond acceptors (Lipinski definition) is 3. The molecule has 1 rings (SSSR count). The smallest absolute Gasteiger partial charge is 0.236 e. The van der Waals surface area contributed by atoms with Crippen LogP contribution in [0.2, 0.25) is 0 Å². The maximum absolute atomic E-state index is 11.0. The van der Waals surface area contributed by atoms with Crippen molar-refractivity contribution < 1.29 is 9.59 Å². The summed E-state index contributed by atoms with van der Waals surface area (Å²) in [5, 5.41) is 0. The molecule has 1 aliphatic heterocycles. The van der Waals surface area contributed by atoms with E-state index >= 15 is 0 Å². The SMILES string of the molecule is CC(=O)N1CCN(C)C(C(N)=O)C1. The second-order valence-corrected chi connectivity index (χ2v) is 3.36. The number of rotatable bonds is 1. The van der Waals surface area contributed by atoms with E-state index in [0.717, 1.165) is 0 Å². The Hall–Kier alpha value is -1.10. The van der Waals surface area contributed by atoms with Crippen LogP contribution in [-0.4, -0.2) is 54.3 Å². The fourth-order valence-corrected chi connectivity index (χ4v) is 1.47. The maximum Gasteiger partial charge on any atom is 0.236 e. The number of carbonyl (C=O) groups is 2. The van der Waals surface area contributed by atoms with Crippen LogP contribution in [0, 0.1) is 0 Å². The molecule has 0 bridgehead atoms. The summed E-state index contributed by atoms with van der Waals surface area (Å²) in [5.74, 6) is -0.368. The summed E-state index contributed by atoms with van der Waals surface area (Å²) in [6, 6.07) is -0.336. The summed E-state index contributed by atoms with van der Waals surface area (Å²) in [5.41, 5.74) is 5.20. The molecule has 0 radical (unpaired) electrons. The lowest BCUT2D eigenvalue weighted by Gasteiger charge is -2.37. The van der Waals surface area contributed by atoms with Gasteiger partial charge in [-0.1, -0.05) is 0 Å². The van der Waals surface area contributed by atoms with Gasteiger partial charge in [0.05, 0.1) is 0 Å². The Labute approximate surface area is 77.5 Å². The molecule has 1 heterocycles. The molecule has 1 atom stereocenters. The molecule has 13 heavy (non-hydrogen) atoms. The Morgan fingerprint density at radius 3 is 2.46 bits per heavy atom. The summed E-state index contributed by atoms with van der Waals surface area (Å²) >= 11 is 0. The zero-order valence-corrected chi connectivity index (χ0v) is 7.99. The van der Waals surface area contributed by atoms with Gasteiger partial charge in [-0.3, -0.25) is 14.5 Å². The first kappa shape index (κ1) is 9.98. The van der Waals surface area contributed by atoms with Crippen LogP contribution in [0.4, 0.5) is 0 Å². The van der Waals surface area contributed by atoms with Gasteiger partial charge in [-0.05, 0) is 7.05 Å². The summed E-state index contributed by atoms with van der Waals surface area (Å²) in [6.45, 7) is 3.30. The number of likely N-dealkylation sites (N-methyl/N-ethyl adjacent to an activating group) is 1. The van der Waals surface area contributed by atoms with E-state index in [1.807, 2.05) is 11.9 Å². The molecule has 0 saturated carbocycles. The van der Waals surface area contributed by atoms with Crippen molar-refractivity contribution >= 4 is 11.8 Å². The fourth-order valence-electron chi connectivity index (χ4n) is 1.47. The number of carbonyl (C=O) groups excluding carboxylic acids is 2. The van der Waals surface area contributed by atoms with Gasteiger partial charge in [0.2, 0.25) is 11.8 Å². The number of piperazine rings is 1. The third kappa shape index (κ3) is 2.18. The third-order valence-corrected chi connectivity index (χ3v) is 2.42. The lowest BCUT2D eigenvalue weighted by molar-refractivity contribution is -0.134. The van der Waals surface area contributed by atoms with Crippen LogP contribution in [0.3, 0.4) is 0 Å². The molecule has 0 aromatic heterocycles. The van der Waals surface area contributed by atoms with Crippen molar-refractivity contribution in [1.82, 2.24) is 9.80 Å². The highest BCUT2D eigenvalue weighted by atomic mass is 16.2. The first-order valence-electron chi connectivity index (χ1n) is 4.27. The quantitative estimate of drug-likeness (QED) is 0.548. The molecule has 0 aromatic carbocycles. The van der Waals surface area contributed by atoms with Crippen molar-refractivity contribution in [3.05, 3.63) is 0 Å². The lowest BCUT2D eigenvalue weighted by Crippen LogP contribution is -2.57. The molecule has 2 amide bonds. The molecule has 0 aliphatic carbocycles. The van der Waals surface area contributed by atoms with Crippen molar-refractivity contribution in [1.29, 1.82) is 0 Å². The largest absolute Gasteiger partial charge is 0.368 e. The second kappa shape index (κ2) is 3.74. The minimum absolute atomic E-state index is 0.000602. The van der Waals surface area contributed by atoms with Gasteiger partial charge in [0.1, 0.15) is 6.04 Å². The van der Waals surface area contributed by atoms with Crippen molar-refractivity contribution in [2.45, 2.75) is 13.0 Å². The average molecular weight is 185 g/mol. The van der Waals surface area contributed by atoms with Gasteiger partial charge < -0.3 is 10.6 Å². The second-order valence-electron chi connectivity index (χ2n) is 3.36. The van der Waals surface area contributed by atoms with E-state index in [1.54, 1.807) is 4.90 Å². The van der Waals surface area contributed by atoms with Gasteiger partial charge in [0.25, 0.3) is 0 Å². The normalized spacial score (nSPS) is 24.5. The molecule has 1 fully saturated rings. The first-order valence-corrected chi connectivity index (χ1v) is 4.27. The Balaban J connectivity index is 2.63. The van der Waals surface area contributed by atoms with E-state index in [9.17, 15) is 9.59 Å². The highest BCUT2D eigenvalue weighted by Crippen LogP contribution is 2.06. The Morgan fingerprint density at radius 2 is 2.00 bits per heavy atom. The molecule has 1 aliphatic rings. The number of nitrogens with zero attached hydrogens (tertiary/aromatic N) is 2.